The van der Waals surface area contributed by atoms with E-state index in [1.807, 2.05) is 12.1 Å². The van der Waals surface area contributed by atoms with Crippen molar-refractivity contribution in [3.05, 3.63) is 40.0 Å². The number of nitrogens with zero attached hydrogens (tertiary/aromatic N) is 4. The number of carbonyl (C=O) groups is 1. The molecule has 2 aliphatic rings. The molecule has 1 fully saturated rings. The number of nitrogens with two attached hydrogens (primary N) is 1. The standard InChI is InChI=1S/C21H23BrN6O3/c1-31-15-7-6-13(22)12-8-14(26-16(12)15)17-18-19(23)24-9-25-28(18)20(27-17)10-2-4-11(5-3-10)21(29)30/h6-7,9-11,14,26H,2-5,8H2,1H3,(H,29,30)(H2,23,24,25). The van der Waals surface area contributed by atoms with E-state index >= 15 is 0 Å². The minimum Gasteiger partial charge on any atom is -0.495 e. The molecule has 0 amide bonds. The number of fused-ring (bicyclic) bond motifs is 2. The maximum absolute atomic E-state index is 11.3. The fraction of sp³-hybridized carbons (Fsp3) is 0.429. The fourth-order valence-corrected chi connectivity index (χ4v) is 5.33. The summed E-state index contributed by atoms with van der Waals surface area (Å²) in [6.07, 6.45) is 4.97. The van der Waals surface area contributed by atoms with Crippen LogP contribution in [-0.4, -0.2) is 37.8 Å². The van der Waals surface area contributed by atoms with E-state index in [9.17, 15) is 9.90 Å². The quantitative estimate of drug-likeness (QED) is 0.510. The van der Waals surface area contributed by atoms with Crippen LogP contribution in [0.15, 0.2) is 22.9 Å². The first-order chi connectivity index (χ1) is 15.0. The first-order valence-corrected chi connectivity index (χ1v) is 11.1. The largest absolute Gasteiger partial charge is 0.495 e. The molecule has 0 saturated heterocycles. The van der Waals surface area contributed by atoms with Crippen LogP contribution in [0.4, 0.5) is 11.5 Å². The number of imidazole rings is 1. The Labute approximate surface area is 187 Å². The summed E-state index contributed by atoms with van der Waals surface area (Å²) >= 11 is 3.64. The van der Waals surface area contributed by atoms with Crippen molar-refractivity contribution >= 4 is 38.9 Å². The van der Waals surface area contributed by atoms with Crippen molar-refractivity contribution in [3.63, 3.8) is 0 Å². The third-order valence-corrected chi connectivity index (χ3v) is 7.19. The topological polar surface area (TPSA) is 128 Å². The maximum Gasteiger partial charge on any atom is 0.306 e. The lowest BCUT2D eigenvalue weighted by Crippen LogP contribution is -2.21. The van der Waals surface area contributed by atoms with Crippen LogP contribution >= 0.6 is 15.9 Å². The highest BCUT2D eigenvalue weighted by molar-refractivity contribution is 9.10. The highest BCUT2D eigenvalue weighted by atomic mass is 79.9. The van der Waals surface area contributed by atoms with Crippen molar-refractivity contribution in [2.24, 2.45) is 5.92 Å². The van der Waals surface area contributed by atoms with Gasteiger partial charge in [0, 0.05) is 16.8 Å². The molecular weight excluding hydrogens is 464 g/mol. The number of nitrogen functional groups attached to an aromatic ring is 1. The number of benzene rings is 1. The van der Waals surface area contributed by atoms with Crippen molar-refractivity contribution < 1.29 is 14.6 Å². The summed E-state index contributed by atoms with van der Waals surface area (Å²) in [4.78, 5) is 20.5. The molecule has 3 heterocycles. The smallest absolute Gasteiger partial charge is 0.306 e. The van der Waals surface area contributed by atoms with Crippen LogP contribution < -0.4 is 15.8 Å². The van der Waals surface area contributed by atoms with Crippen molar-refractivity contribution in [2.45, 2.75) is 44.1 Å². The molecule has 1 aliphatic carbocycles. The van der Waals surface area contributed by atoms with Gasteiger partial charge in [-0.15, -0.1) is 0 Å². The predicted molar refractivity (Wildman–Crippen MR) is 118 cm³/mol. The number of rotatable bonds is 4. The Morgan fingerprint density at radius 2 is 2.10 bits per heavy atom. The zero-order valence-corrected chi connectivity index (χ0v) is 18.6. The molecule has 31 heavy (non-hydrogen) atoms. The van der Waals surface area contributed by atoms with E-state index in [0.29, 0.717) is 24.2 Å². The van der Waals surface area contributed by atoms with Crippen molar-refractivity contribution in [3.8, 4) is 5.75 Å². The number of methoxy groups -OCH3 is 1. The second-order valence-electron chi connectivity index (χ2n) is 8.15. The van der Waals surface area contributed by atoms with Gasteiger partial charge in [0.15, 0.2) is 5.82 Å². The SMILES string of the molecule is COc1ccc(Br)c2c1NC(c1nc(C3CCC(C(=O)O)CC3)n3ncnc(N)c13)C2. The molecule has 1 aromatic carbocycles. The summed E-state index contributed by atoms with van der Waals surface area (Å²) < 4.78 is 8.34. The van der Waals surface area contributed by atoms with E-state index in [0.717, 1.165) is 52.3 Å². The monoisotopic (exact) mass is 486 g/mol. The van der Waals surface area contributed by atoms with Crippen LogP contribution in [0.3, 0.4) is 0 Å². The molecule has 3 aromatic rings. The molecule has 2 aromatic heterocycles. The average molecular weight is 487 g/mol. The molecule has 162 valence electrons. The molecule has 1 aliphatic heterocycles. The zero-order valence-electron chi connectivity index (χ0n) is 17.0. The van der Waals surface area contributed by atoms with Gasteiger partial charge in [0.25, 0.3) is 0 Å². The number of carboxylic acids is 1. The lowest BCUT2D eigenvalue weighted by Gasteiger charge is -2.24. The number of carboxylic acid groups (broad SMARTS) is 1. The van der Waals surface area contributed by atoms with Gasteiger partial charge in [-0.25, -0.2) is 14.5 Å². The number of nitrogens with one attached hydrogen (secondary N) is 1. The Balaban J connectivity index is 1.54. The molecule has 9 nitrogen and oxygen atoms in total. The molecule has 5 rings (SSSR count). The lowest BCUT2D eigenvalue weighted by molar-refractivity contribution is -0.142. The lowest BCUT2D eigenvalue weighted by atomic mass is 9.82. The number of hydrogen-bond donors (Lipinski definition) is 3. The number of hydrogen-bond acceptors (Lipinski definition) is 7. The molecule has 0 bridgehead atoms. The van der Waals surface area contributed by atoms with Gasteiger partial charge in [-0.05, 0) is 43.4 Å². The Morgan fingerprint density at radius 3 is 2.81 bits per heavy atom. The third kappa shape index (κ3) is 3.29. The van der Waals surface area contributed by atoms with Crippen molar-refractivity contribution in [1.82, 2.24) is 19.6 Å². The predicted octanol–water partition coefficient (Wildman–Crippen LogP) is 3.55. The van der Waals surface area contributed by atoms with E-state index in [4.69, 9.17) is 15.5 Å². The van der Waals surface area contributed by atoms with Crippen molar-refractivity contribution in [1.29, 1.82) is 0 Å². The van der Waals surface area contributed by atoms with Gasteiger partial charge >= 0.3 is 5.97 Å². The molecule has 0 radical (unpaired) electrons. The first-order valence-electron chi connectivity index (χ1n) is 10.3. The zero-order chi connectivity index (χ0) is 21.7. The van der Waals surface area contributed by atoms with Crippen LogP contribution in [0.25, 0.3) is 5.52 Å². The fourth-order valence-electron chi connectivity index (χ4n) is 4.83. The summed E-state index contributed by atoms with van der Waals surface area (Å²) in [7, 11) is 1.65. The van der Waals surface area contributed by atoms with Crippen LogP contribution in [0.2, 0.25) is 0 Å². The van der Waals surface area contributed by atoms with Gasteiger partial charge in [-0.2, -0.15) is 5.10 Å². The molecule has 1 unspecified atom stereocenters. The second kappa shape index (κ2) is 7.67. The van der Waals surface area contributed by atoms with Crippen LogP contribution in [0.5, 0.6) is 5.75 Å². The maximum atomic E-state index is 11.3. The molecule has 1 atom stereocenters. The summed E-state index contributed by atoms with van der Waals surface area (Å²) in [6.45, 7) is 0. The average Bonchev–Trinajstić information content (AvgIpc) is 3.38. The highest BCUT2D eigenvalue weighted by Crippen LogP contribution is 2.45. The van der Waals surface area contributed by atoms with E-state index in [2.05, 4.69) is 31.3 Å². The van der Waals surface area contributed by atoms with Gasteiger partial charge in [-0.3, -0.25) is 4.79 Å². The number of aromatic nitrogens is 4. The van der Waals surface area contributed by atoms with Gasteiger partial charge in [0.2, 0.25) is 0 Å². The van der Waals surface area contributed by atoms with Crippen LogP contribution in [0, 0.1) is 5.92 Å². The molecule has 10 heteroatoms. The number of halogens is 1. The first kappa shape index (κ1) is 20.0. The number of ether oxygens (including phenoxy) is 1. The van der Waals surface area contributed by atoms with E-state index in [1.54, 1.807) is 11.6 Å². The minimum absolute atomic E-state index is 0.102. The highest BCUT2D eigenvalue weighted by Gasteiger charge is 2.34. The Morgan fingerprint density at radius 1 is 1.32 bits per heavy atom. The van der Waals surface area contributed by atoms with Crippen molar-refractivity contribution in [2.75, 3.05) is 18.2 Å². The Kier molecular flexibility index (Phi) is 4.96. The minimum atomic E-state index is -0.717. The van der Waals surface area contributed by atoms with Gasteiger partial charge in [-0.1, -0.05) is 15.9 Å². The Bertz CT molecular complexity index is 1170. The normalized spacial score (nSPS) is 22.8. The molecule has 1 saturated carbocycles. The van der Waals surface area contributed by atoms with Crippen LogP contribution in [0.1, 0.15) is 54.7 Å². The summed E-state index contributed by atoms with van der Waals surface area (Å²) in [5.41, 5.74) is 9.86. The van der Waals surface area contributed by atoms with Crippen LogP contribution in [-0.2, 0) is 11.2 Å². The third-order valence-electron chi connectivity index (χ3n) is 6.45. The van der Waals surface area contributed by atoms with E-state index in [1.165, 1.54) is 6.33 Å². The van der Waals surface area contributed by atoms with Gasteiger partial charge in [0.05, 0.1) is 30.5 Å². The second-order valence-corrected chi connectivity index (χ2v) is 9.01. The number of aliphatic carboxylic acids is 1. The summed E-state index contributed by atoms with van der Waals surface area (Å²) in [5, 5.41) is 17.3. The van der Waals surface area contributed by atoms with Gasteiger partial charge < -0.3 is 20.9 Å². The molecule has 4 N–H and O–H groups in total. The molecule has 0 spiro atoms. The Hall–Kier alpha value is -2.88. The van der Waals surface area contributed by atoms with E-state index in [-0.39, 0.29) is 17.9 Å². The molecular formula is C21H23BrN6O3. The summed E-state index contributed by atoms with van der Waals surface area (Å²) in [5.74, 6) is 1.12. The summed E-state index contributed by atoms with van der Waals surface area (Å²) in [6, 6.07) is 3.81. The number of anilines is 2. The van der Waals surface area contributed by atoms with Gasteiger partial charge in [0.1, 0.15) is 23.4 Å². The van der Waals surface area contributed by atoms with E-state index < -0.39 is 5.97 Å².